The maximum atomic E-state index is 12.8. The Morgan fingerprint density at radius 2 is 1.93 bits per heavy atom. The van der Waals surface area contributed by atoms with Crippen LogP contribution in [-0.2, 0) is 9.53 Å². The number of nitrogens with zero attached hydrogens (tertiary/aromatic N) is 3. The van der Waals surface area contributed by atoms with Gasteiger partial charge in [0, 0.05) is 18.1 Å². The molecule has 0 saturated heterocycles. The van der Waals surface area contributed by atoms with Gasteiger partial charge < -0.3 is 26.1 Å². The largest absolute Gasteiger partial charge is 0.455 e. The summed E-state index contributed by atoms with van der Waals surface area (Å²) in [4.78, 5) is 27.8. The van der Waals surface area contributed by atoms with Gasteiger partial charge in [0.1, 0.15) is 16.7 Å². The van der Waals surface area contributed by atoms with Crippen molar-refractivity contribution in [2.45, 2.75) is 78.0 Å². The molecule has 1 aliphatic carbocycles. The molecule has 3 aromatic rings. The van der Waals surface area contributed by atoms with Crippen LogP contribution in [0.5, 0.6) is 0 Å². The van der Waals surface area contributed by atoms with Crippen LogP contribution in [0.4, 0.5) is 11.5 Å². The molecule has 1 aliphatic rings. The van der Waals surface area contributed by atoms with E-state index in [2.05, 4.69) is 35.5 Å². The fraction of sp³-hybridized carbons (Fsp3) is 0.467. The summed E-state index contributed by atoms with van der Waals surface area (Å²) >= 11 is 0. The van der Waals surface area contributed by atoms with Crippen molar-refractivity contribution < 1.29 is 9.53 Å². The molecule has 2 unspecified atom stereocenters. The normalized spacial score (nSPS) is 18.8. The summed E-state index contributed by atoms with van der Waals surface area (Å²) in [6.45, 7) is 9.53. The minimum absolute atomic E-state index is 0.00292. The first-order valence-electron chi connectivity index (χ1n) is 13.8. The number of aromatic nitrogens is 3. The van der Waals surface area contributed by atoms with Gasteiger partial charge >= 0.3 is 5.97 Å². The molecule has 0 radical (unpaired) electrons. The van der Waals surface area contributed by atoms with Crippen LogP contribution in [0.15, 0.2) is 53.2 Å². The number of hydrogen-bond acceptors (Lipinski definition) is 8. The van der Waals surface area contributed by atoms with Gasteiger partial charge in [0.15, 0.2) is 5.82 Å². The van der Waals surface area contributed by atoms with Crippen molar-refractivity contribution in [2.24, 2.45) is 17.6 Å². The molecule has 0 bridgehead atoms. The van der Waals surface area contributed by atoms with Gasteiger partial charge in [0.25, 0.3) is 5.56 Å². The number of nitrogens with one attached hydrogen (secondary N) is 3. The minimum atomic E-state index is -0.629. The standard InChI is InChI=1S/C30H39N7O3/c1-18(2)26(34-17-22(32)29(39)40-30(3,4)5)19-10-12-21(13-11-19)35-27-25-24(14-15-33-28(25)38)37(36-27)23-9-7-6-8-20(23)16-31/h10-15,17-18,20,23,26,34H,6-9,32H2,1-5H3,(H,33,38)(H,35,36)/b22-17-/t20?,23-,26?/m0/s1. The number of aromatic amines is 1. The average Bonchev–Trinajstić information content (AvgIpc) is 3.27. The molecule has 0 amide bonds. The molecule has 1 fully saturated rings. The number of fused-ring (bicyclic) bond motifs is 1. The molecule has 1 saturated carbocycles. The highest BCUT2D eigenvalue weighted by atomic mass is 16.6. The van der Waals surface area contributed by atoms with Gasteiger partial charge in [-0.25, -0.2) is 4.79 Å². The molecule has 40 heavy (non-hydrogen) atoms. The SMILES string of the molecule is CC(C)C(N/C=C(\N)C(=O)OC(C)(C)C)c1ccc(Nc2nn([C@H]3CCCCC3C#N)c3cc[nH]c(=O)c23)cc1. The first-order valence-corrected chi connectivity index (χ1v) is 13.8. The van der Waals surface area contributed by atoms with Gasteiger partial charge in [-0.2, -0.15) is 10.4 Å². The Bertz CT molecular complexity index is 1470. The summed E-state index contributed by atoms with van der Waals surface area (Å²) in [6, 6.07) is 11.9. The first kappa shape index (κ1) is 28.7. The summed E-state index contributed by atoms with van der Waals surface area (Å²) in [7, 11) is 0. The van der Waals surface area contributed by atoms with Crippen molar-refractivity contribution in [3.05, 3.63) is 64.3 Å². The van der Waals surface area contributed by atoms with Crippen LogP contribution in [-0.4, -0.2) is 26.3 Å². The van der Waals surface area contributed by atoms with Gasteiger partial charge in [0.2, 0.25) is 0 Å². The fourth-order valence-electron chi connectivity index (χ4n) is 5.15. The summed E-state index contributed by atoms with van der Waals surface area (Å²) < 4.78 is 7.19. The molecule has 10 nitrogen and oxygen atoms in total. The number of carbonyl (C=O) groups is 1. The molecule has 0 spiro atoms. The molecule has 2 aromatic heterocycles. The summed E-state index contributed by atoms with van der Waals surface area (Å²) in [5.74, 6) is -0.0538. The molecular formula is C30H39N7O3. The summed E-state index contributed by atoms with van der Waals surface area (Å²) in [5, 5.41) is 21.6. The van der Waals surface area contributed by atoms with E-state index in [1.54, 1.807) is 27.0 Å². The van der Waals surface area contributed by atoms with E-state index in [4.69, 9.17) is 15.6 Å². The Kier molecular flexibility index (Phi) is 8.52. The lowest BCUT2D eigenvalue weighted by atomic mass is 9.85. The second-order valence-corrected chi connectivity index (χ2v) is 11.7. The Hall–Kier alpha value is -4.26. The number of H-pyrrole nitrogens is 1. The van der Waals surface area contributed by atoms with E-state index >= 15 is 0 Å². The number of benzene rings is 1. The molecular weight excluding hydrogens is 506 g/mol. The number of hydrogen-bond donors (Lipinski definition) is 4. The highest BCUT2D eigenvalue weighted by molar-refractivity contribution is 5.91. The smallest absolute Gasteiger partial charge is 0.356 e. The van der Waals surface area contributed by atoms with Gasteiger partial charge in [0.05, 0.1) is 29.6 Å². The van der Waals surface area contributed by atoms with Crippen molar-refractivity contribution in [1.82, 2.24) is 20.1 Å². The molecule has 5 N–H and O–H groups in total. The third-order valence-corrected chi connectivity index (χ3v) is 7.09. The van der Waals surface area contributed by atoms with E-state index in [1.165, 1.54) is 6.20 Å². The Morgan fingerprint density at radius 3 is 2.58 bits per heavy atom. The monoisotopic (exact) mass is 545 g/mol. The third-order valence-electron chi connectivity index (χ3n) is 7.09. The molecule has 10 heteroatoms. The van der Waals surface area contributed by atoms with Crippen LogP contribution in [0.2, 0.25) is 0 Å². The predicted octanol–water partition coefficient (Wildman–Crippen LogP) is 5.15. The van der Waals surface area contributed by atoms with E-state index in [1.807, 2.05) is 35.0 Å². The van der Waals surface area contributed by atoms with Gasteiger partial charge in [-0.3, -0.25) is 9.48 Å². The van der Waals surface area contributed by atoms with Gasteiger partial charge in [-0.15, -0.1) is 0 Å². The maximum absolute atomic E-state index is 12.8. The first-order chi connectivity index (χ1) is 19.0. The van der Waals surface area contributed by atoms with Crippen LogP contribution in [0.1, 0.15) is 77.9 Å². The summed E-state index contributed by atoms with van der Waals surface area (Å²) in [6.07, 6.45) is 6.86. The molecule has 1 aromatic carbocycles. The molecule has 2 heterocycles. The van der Waals surface area contributed by atoms with Crippen molar-refractivity contribution in [3.8, 4) is 6.07 Å². The zero-order chi connectivity index (χ0) is 29.0. The lowest BCUT2D eigenvalue weighted by Gasteiger charge is -2.27. The summed E-state index contributed by atoms with van der Waals surface area (Å²) in [5.41, 5.74) is 7.58. The number of anilines is 2. The third kappa shape index (κ3) is 6.47. The van der Waals surface area contributed by atoms with Crippen LogP contribution in [0.25, 0.3) is 10.9 Å². The number of nitrogens with two attached hydrogens (primary N) is 1. The lowest BCUT2D eigenvalue weighted by Crippen LogP contribution is -2.29. The van der Waals surface area contributed by atoms with E-state index in [0.29, 0.717) is 16.7 Å². The maximum Gasteiger partial charge on any atom is 0.356 e. The number of rotatable bonds is 8. The molecule has 4 rings (SSSR count). The van der Waals surface area contributed by atoms with Crippen molar-refractivity contribution in [2.75, 3.05) is 5.32 Å². The van der Waals surface area contributed by atoms with Gasteiger partial charge in [-0.1, -0.05) is 38.8 Å². The van der Waals surface area contributed by atoms with E-state index in [-0.39, 0.29) is 35.2 Å². The average molecular weight is 546 g/mol. The zero-order valence-electron chi connectivity index (χ0n) is 23.8. The molecule has 212 valence electrons. The second kappa shape index (κ2) is 11.9. The zero-order valence-corrected chi connectivity index (χ0v) is 23.8. The fourth-order valence-corrected chi connectivity index (χ4v) is 5.15. The van der Waals surface area contributed by atoms with Crippen molar-refractivity contribution in [1.29, 1.82) is 5.26 Å². The van der Waals surface area contributed by atoms with E-state index in [9.17, 15) is 14.9 Å². The Balaban J connectivity index is 1.57. The predicted molar refractivity (Wildman–Crippen MR) is 156 cm³/mol. The number of ether oxygens (including phenoxy) is 1. The van der Waals surface area contributed by atoms with Crippen molar-refractivity contribution in [3.63, 3.8) is 0 Å². The van der Waals surface area contributed by atoms with Crippen LogP contribution in [0.3, 0.4) is 0 Å². The Morgan fingerprint density at radius 1 is 1.23 bits per heavy atom. The van der Waals surface area contributed by atoms with Crippen LogP contribution < -0.4 is 21.9 Å². The topological polar surface area (TPSA) is 151 Å². The van der Waals surface area contributed by atoms with Crippen LogP contribution in [0, 0.1) is 23.2 Å². The van der Waals surface area contributed by atoms with Crippen LogP contribution >= 0.6 is 0 Å². The number of nitriles is 1. The van der Waals surface area contributed by atoms with Crippen molar-refractivity contribution >= 4 is 28.4 Å². The molecule has 3 atom stereocenters. The van der Waals surface area contributed by atoms with E-state index < -0.39 is 11.6 Å². The quantitative estimate of drug-likeness (QED) is 0.224. The van der Waals surface area contributed by atoms with E-state index in [0.717, 1.165) is 36.9 Å². The second-order valence-electron chi connectivity index (χ2n) is 11.7. The number of esters is 1. The lowest BCUT2D eigenvalue weighted by molar-refractivity contribution is -0.149. The number of carbonyl (C=O) groups excluding carboxylic acids is 1. The van der Waals surface area contributed by atoms with Gasteiger partial charge in [-0.05, 0) is 63.3 Å². The highest BCUT2D eigenvalue weighted by Gasteiger charge is 2.30. The Labute approximate surface area is 234 Å². The molecule has 0 aliphatic heterocycles. The number of pyridine rings is 1. The highest BCUT2D eigenvalue weighted by Crippen LogP contribution is 2.36. The minimum Gasteiger partial charge on any atom is -0.455 e.